The quantitative estimate of drug-likeness (QED) is 0.658. The van der Waals surface area contributed by atoms with E-state index < -0.39 is 29.7 Å². The number of rotatable bonds is 2. The minimum Gasteiger partial charge on any atom is -0.381 e. The van der Waals surface area contributed by atoms with Crippen molar-refractivity contribution >= 4 is 0 Å². The molecule has 5 nitrogen and oxygen atoms in total. The van der Waals surface area contributed by atoms with Crippen LogP contribution in [0.5, 0.6) is 0 Å². The zero-order valence-electron chi connectivity index (χ0n) is 10.7. The highest BCUT2D eigenvalue weighted by molar-refractivity contribution is 5.21. The highest BCUT2D eigenvalue weighted by atomic mass is 16.7. The molecule has 2 saturated heterocycles. The molecule has 0 radical (unpaired) electrons. The molecule has 0 aromatic heterocycles. The zero-order chi connectivity index (χ0) is 13.7. The molecule has 2 fully saturated rings. The van der Waals surface area contributed by atoms with E-state index in [4.69, 9.17) is 9.47 Å². The average Bonchev–Trinajstić information content (AvgIpc) is 2.85. The van der Waals surface area contributed by atoms with E-state index in [1.165, 1.54) is 0 Å². The lowest BCUT2D eigenvalue weighted by atomic mass is 9.74. The molecule has 1 aromatic rings. The molecule has 104 valence electrons. The van der Waals surface area contributed by atoms with Crippen LogP contribution in [-0.2, 0) is 15.9 Å². The van der Waals surface area contributed by atoms with Gasteiger partial charge in [-0.05, 0) is 5.56 Å². The SMILES string of the molecule is C[C@@H]1[C@@H]2OC[C@@H](O2)[C@](O)(Cc2ccccc2)C1(O)O. The summed E-state index contributed by atoms with van der Waals surface area (Å²) in [4.78, 5) is 0. The van der Waals surface area contributed by atoms with E-state index in [0.717, 1.165) is 5.56 Å². The molecule has 0 spiro atoms. The largest absolute Gasteiger partial charge is 0.381 e. The Labute approximate surface area is 111 Å². The molecule has 3 N–H and O–H groups in total. The van der Waals surface area contributed by atoms with Crippen molar-refractivity contribution in [3.05, 3.63) is 35.9 Å². The van der Waals surface area contributed by atoms with Gasteiger partial charge in [0.05, 0.1) is 12.5 Å². The molecule has 4 atom stereocenters. The summed E-state index contributed by atoms with van der Waals surface area (Å²) in [5, 5.41) is 31.5. The van der Waals surface area contributed by atoms with Gasteiger partial charge in [-0.3, -0.25) is 0 Å². The van der Waals surface area contributed by atoms with Crippen molar-refractivity contribution < 1.29 is 24.8 Å². The van der Waals surface area contributed by atoms with Gasteiger partial charge in [0.1, 0.15) is 6.10 Å². The second-order valence-electron chi connectivity index (χ2n) is 5.43. The van der Waals surface area contributed by atoms with Gasteiger partial charge >= 0.3 is 0 Å². The van der Waals surface area contributed by atoms with Crippen LogP contribution in [0, 0.1) is 5.92 Å². The predicted octanol–water partition coefficient (Wildman–Crippen LogP) is 0.0323. The van der Waals surface area contributed by atoms with E-state index in [0.29, 0.717) is 0 Å². The molecule has 19 heavy (non-hydrogen) atoms. The maximum absolute atomic E-state index is 10.8. The first-order valence-electron chi connectivity index (χ1n) is 6.43. The molecule has 5 heteroatoms. The molecular weight excluding hydrogens is 248 g/mol. The van der Waals surface area contributed by atoms with Crippen LogP contribution < -0.4 is 0 Å². The summed E-state index contributed by atoms with van der Waals surface area (Å²) in [5.74, 6) is -2.97. The summed E-state index contributed by atoms with van der Waals surface area (Å²) in [5.41, 5.74) is -0.959. The Morgan fingerprint density at radius 1 is 1.21 bits per heavy atom. The van der Waals surface area contributed by atoms with E-state index in [-0.39, 0.29) is 13.0 Å². The summed E-state index contributed by atoms with van der Waals surface area (Å²) < 4.78 is 10.9. The van der Waals surface area contributed by atoms with Gasteiger partial charge in [-0.2, -0.15) is 0 Å². The number of fused-ring (bicyclic) bond motifs is 2. The number of hydrogen-bond acceptors (Lipinski definition) is 5. The fourth-order valence-corrected chi connectivity index (χ4v) is 2.91. The van der Waals surface area contributed by atoms with Crippen LogP contribution in [0.4, 0.5) is 0 Å². The van der Waals surface area contributed by atoms with Crippen LogP contribution in [-0.4, -0.2) is 45.7 Å². The van der Waals surface area contributed by atoms with Gasteiger partial charge in [0, 0.05) is 6.42 Å². The Bertz CT molecular complexity index is 460. The van der Waals surface area contributed by atoms with E-state index in [1.807, 2.05) is 30.3 Å². The standard InChI is InChI=1S/C14H18O5/c1-9-12-18-8-11(19-12)13(15,14(9,16)17)7-10-5-3-2-4-6-10/h2-6,9,11-12,15-17H,7-8H2,1H3/t9-,11-,12-,13-/m1/s1. The van der Waals surface area contributed by atoms with Crippen molar-refractivity contribution in [2.24, 2.45) is 5.92 Å². The maximum atomic E-state index is 10.8. The van der Waals surface area contributed by atoms with Gasteiger partial charge in [-0.15, -0.1) is 0 Å². The number of ether oxygens (including phenoxy) is 2. The maximum Gasteiger partial charge on any atom is 0.203 e. The lowest BCUT2D eigenvalue weighted by molar-refractivity contribution is -0.371. The lowest BCUT2D eigenvalue weighted by Crippen LogP contribution is -2.70. The molecule has 2 aliphatic rings. The first-order chi connectivity index (χ1) is 8.95. The van der Waals surface area contributed by atoms with Crippen LogP contribution in [0.2, 0.25) is 0 Å². The van der Waals surface area contributed by atoms with E-state index >= 15 is 0 Å². The van der Waals surface area contributed by atoms with Crippen molar-refractivity contribution in [1.82, 2.24) is 0 Å². The predicted molar refractivity (Wildman–Crippen MR) is 66.0 cm³/mol. The molecule has 2 bridgehead atoms. The van der Waals surface area contributed by atoms with Crippen LogP contribution in [0.25, 0.3) is 0 Å². The van der Waals surface area contributed by atoms with Gasteiger partial charge in [-0.25, -0.2) is 0 Å². The van der Waals surface area contributed by atoms with E-state index in [9.17, 15) is 15.3 Å². The second-order valence-corrected chi connectivity index (χ2v) is 5.43. The fourth-order valence-electron chi connectivity index (χ4n) is 2.91. The summed E-state index contributed by atoms with van der Waals surface area (Å²) in [6, 6.07) is 9.22. The van der Waals surface area contributed by atoms with E-state index in [2.05, 4.69) is 0 Å². The average molecular weight is 266 g/mol. The van der Waals surface area contributed by atoms with Crippen LogP contribution in [0.3, 0.4) is 0 Å². The van der Waals surface area contributed by atoms with Crippen molar-refractivity contribution in [2.75, 3.05) is 6.61 Å². The Balaban J connectivity index is 1.96. The molecule has 0 saturated carbocycles. The summed E-state index contributed by atoms with van der Waals surface area (Å²) in [6.45, 7) is 1.77. The Morgan fingerprint density at radius 3 is 2.58 bits per heavy atom. The van der Waals surface area contributed by atoms with Crippen molar-refractivity contribution in [3.63, 3.8) is 0 Å². The molecule has 3 rings (SSSR count). The summed E-state index contributed by atoms with van der Waals surface area (Å²) in [7, 11) is 0. The Hall–Kier alpha value is -0.980. The third-order valence-electron chi connectivity index (χ3n) is 4.24. The Morgan fingerprint density at radius 2 is 1.89 bits per heavy atom. The first kappa shape index (κ1) is 13.0. The van der Waals surface area contributed by atoms with Crippen LogP contribution >= 0.6 is 0 Å². The summed E-state index contributed by atoms with van der Waals surface area (Å²) >= 11 is 0. The molecule has 1 aromatic carbocycles. The van der Waals surface area contributed by atoms with Crippen LogP contribution in [0.15, 0.2) is 30.3 Å². The lowest BCUT2D eigenvalue weighted by Gasteiger charge is -2.49. The van der Waals surface area contributed by atoms with Gasteiger partial charge in [0.2, 0.25) is 5.79 Å². The van der Waals surface area contributed by atoms with Gasteiger partial charge in [0.25, 0.3) is 0 Å². The first-order valence-corrected chi connectivity index (χ1v) is 6.43. The minimum atomic E-state index is -2.24. The molecule has 0 amide bonds. The normalized spacial score (nSPS) is 40.3. The van der Waals surface area contributed by atoms with E-state index in [1.54, 1.807) is 6.92 Å². The molecule has 2 heterocycles. The molecule has 0 unspecified atom stereocenters. The topological polar surface area (TPSA) is 79.2 Å². The third-order valence-corrected chi connectivity index (χ3v) is 4.24. The second kappa shape index (κ2) is 4.26. The minimum absolute atomic E-state index is 0.103. The Kier molecular flexibility index (Phi) is 2.92. The molecular formula is C14H18O5. The van der Waals surface area contributed by atoms with Crippen molar-refractivity contribution in [1.29, 1.82) is 0 Å². The number of aliphatic hydroxyl groups is 3. The summed E-state index contributed by atoms with van der Waals surface area (Å²) in [6.07, 6.45) is -1.30. The number of hydrogen-bond donors (Lipinski definition) is 3. The highest BCUT2D eigenvalue weighted by Crippen LogP contribution is 2.45. The molecule has 0 aliphatic carbocycles. The monoisotopic (exact) mass is 266 g/mol. The zero-order valence-corrected chi connectivity index (χ0v) is 10.7. The smallest absolute Gasteiger partial charge is 0.203 e. The third kappa shape index (κ3) is 1.81. The van der Waals surface area contributed by atoms with Crippen molar-refractivity contribution in [2.45, 2.75) is 37.1 Å². The number of benzene rings is 1. The van der Waals surface area contributed by atoms with Gasteiger partial charge in [-0.1, -0.05) is 37.3 Å². The van der Waals surface area contributed by atoms with Gasteiger partial charge in [0.15, 0.2) is 11.9 Å². The fraction of sp³-hybridized carbons (Fsp3) is 0.571. The molecule has 2 aliphatic heterocycles. The van der Waals surface area contributed by atoms with Crippen LogP contribution in [0.1, 0.15) is 12.5 Å². The highest BCUT2D eigenvalue weighted by Gasteiger charge is 2.65. The van der Waals surface area contributed by atoms with Gasteiger partial charge < -0.3 is 24.8 Å². The van der Waals surface area contributed by atoms with Crippen molar-refractivity contribution in [3.8, 4) is 0 Å².